The van der Waals surface area contributed by atoms with Crippen molar-refractivity contribution in [1.82, 2.24) is 25.1 Å². The summed E-state index contributed by atoms with van der Waals surface area (Å²) in [5.41, 5.74) is 4.19. The minimum absolute atomic E-state index is 0.00733. The van der Waals surface area contributed by atoms with Crippen LogP contribution in [0.15, 0.2) is 113 Å². The van der Waals surface area contributed by atoms with Crippen LogP contribution in [0.4, 0.5) is 5.69 Å². The zero-order chi connectivity index (χ0) is 35.0. The molecule has 1 aliphatic heterocycles. The SMILES string of the molecule is COc1ccc(C2=NN(C(=O)CSc3nnc(CNC(=O)COc4ccccc4)n3-c3ccc([N+](=O)[O-])cc3)[C@@H](c3ccc(C)cc3)C2)cc1. The van der Waals surface area contributed by atoms with Gasteiger partial charge in [0.2, 0.25) is 0 Å². The third kappa shape index (κ3) is 7.98. The largest absolute Gasteiger partial charge is 0.497 e. The van der Waals surface area contributed by atoms with Crippen molar-refractivity contribution in [3.8, 4) is 17.2 Å². The highest BCUT2D eigenvalue weighted by Crippen LogP contribution is 2.34. The molecule has 2 heterocycles. The second-order valence-electron chi connectivity index (χ2n) is 11.3. The van der Waals surface area contributed by atoms with Crippen LogP contribution >= 0.6 is 11.8 Å². The van der Waals surface area contributed by atoms with Gasteiger partial charge in [-0.05, 0) is 66.6 Å². The van der Waals surface area contributed by atoms with Gasteiger partial charge in [0.15, 0.2) is 17.6 Å². The molecule has 1 atom stereocenters. The Morgan fingerprint density at radius 1 is 0.940 bits per heavy atom. The van der Waals surface area contributed by atoms with E-state index in [2.05, 4.69) is 15.5 Å². The van der Waals surface area contributed by atoms with E-state index in [9.17, 15) is 19.7 Å². The number of nitrogens with one attached hydrogen (secondary N) is 1. The first-order valence-corrected chi connectivity index (χ1v) is 16.6. The molecule has 0 spiro atoms. The van der Waals surface area contributed by atoms with E-state index in [-0.39, 0.29) is 42.4 Å². The Kier molecular flexibility index (Phi) is 10.5. The van der Waals surface area contributed by atoms with Crippen LogP contribution in [0.25, 0.3) is 5.69 Å². The van der Waals surface area contributed by atoms with Gasteiger partial charge < -0.3 is 14.8 Å². The second kappa shape index (κ2) is 15.5. The fourth-order valence-corrected chi connectivity index (χ4v) is 6.15. The number of nitro benzene ring substituents is 1. The molecule has 0 unspecified atom stereocenters. The van der Waals surface area contributed by atoms with Crippen molar-refractivity contribution in [2.75, 3.05) is 19.5 Å². The van der Waals surface area contributed by atoms with Gasteiger partial charge in [-0.3, -0.25) is 24.3 Å². The fourth-order valence-electron chi connectivity index (χ4n) is 5.32. The van der Waals surface area contributed by atoms with E-state index in [1.165, 1.54) is 17.1 Å². The molecule has 4 aromatic carbocycles. The number of non-ortho nitro benzene ring substituents is 1. The van der Waals surface area contributed by atoms with Crippen molar-refractivity contribution in [1.29, 1.82) is 0 Å². The molecule has 2 amide bonds. The van der Waals surface area contributed by atoms with E-state index in [4.69, 9.17) is 14.6 Å². The number of para-hydroxylation sites is 1. The molecule has 6 rings (SSSR count). The van der Waals surface area contributed by atoms with E-state index in [0.29, 0.717) is 28.8 Å². The molecular formula is C36H33N7O6S. The van der Waals surface area contributed by atoms with Gasteiger partial charge in [-0.2, -0.15) is 5.10 Å². The summed E-state index contributed by atoms with van der Waals surface area (Å²) in [6.07, 6.45) is 0.530. The Bertz CT molecular complexity index is 2000. The minimum Gasteiger partial charge on any atom is -0.497 e. The van der Waals surface area contributed by atoms with Crippen LogP contribution in [0.2, 0.25) is 0 Å². The molecule has 1 aromatic heterocycles. The summed E-state index contributed by atoms with van der Waals surface area (Å²) in [5, 5.41) is 29.4. The first-order valence-electron chi connectivity index (χ1n) is 15.7. The van der Waals surface area contributed by atoms with Crippen molar-refractivity contribution in [2.45, 2.75) is 31.1 Å². The van der Waals surface area contributed by atoms with E-state index in [1.807, 2.05) is 73.7 Å². The Hall–Kier alpha value is -6.02. The number of methoxy groups -OCH3 is 1. The molecule has 0 fully saturated rings. The first kappa shape index (κ1) is 33.9. The number of nitro groups is 1. The predicted molar refractivity (Wildman–Crippen MR) is 187 cm³/mol. The highest BCUT2D eigenvalue weighted by atomic mass is 32.2. The normalized spacial score (nSPS) is 13.8. The molecule has 13 nitrogen and oxygen atoms in total. The fraction of sp³-hybridized carbons (Fsp3) is 0.194. The highest BCUT2D eigenvalue weighted by Gasteiger charge is 2.33. The van der Waals surface area contributed by atoms with Crippen molar-refractivity contribution in [2.24, 2.45) is 5.10 Å². The number of rotatable bonds is 13. The molecule has 0 saturated heterocycles. The third-order valence-electron chi connectivity index (χ3n) is 7.95. The smallest absolute Gasteiger partial charge is 0.269 e. The monoisotopic (exact) mass is 691 g/mol. The van der Waals surface area contributed by atoms with Gasteiger partial charge in [0.25, 0.3) is 17.5 Å². The van der Waals surface area contributed by atoms with Crippen LogP contribution in [-0.4, -0.2) is 61.7 Å². The molecule has 0 radical (unpaired) electrons. The number of carbonyl (C=O) groups is 2. The maximum atomic E-state index is 13.9. The average molecular weight is 692 g/mol. The molecule has 1 N–H and O–H groups in total. The number of thioether (sulfide) groups is 1. The molecule has 50 heavy (non-hydrogen) atoms. The maximum Gasteiger partial charge on any atom is 0.269 e. The number of ether oxygens (including phenoxy) is 2. The molecule has 254 valence electrons. The van der Waals surface area contributed by atoms with Crippen molar-refractivity contribution < 1.29 is 24.0 Å². The van der Waals surface area contributed by atoms with E-state index in [1.54, 1.807) is 35.9 Å². The Morgan fingerprint density at radius 2 is 1.66 bits per heavy atom. The zero-order valence-electron chi connectivity index (χ0n) is 27.3. The quantitative estimate of drug-likeness (QED) is 0.0936. The van der Waals surface area contributed by atoms with Crippen LogP contribution in [0, 0.1) is 17.0 Å². The van der Waals surface area contributed by atoms with Crippen molar-refractivity contribution in [3.05, 3.63) is 136 Å². The van der Waals surface area contributed by atoms with Gasteiger partial charge in [-0.15, -0.1) is 10.2 Å². The number of hydrazone groups is 1. The van der Waals surface area contributed by atoms with Crippen LogP contribution in [0.3, 0.4) is 0 Å². The molecule has 1 aliphatic rings. The summed E-state index contributed by atoms with van der Waals surface area (Å²) in [6, 6.07) is 30.1. The maximum absolute atomic E-state index is 13.9. The lowest BCUT2D eigenvalue weighted by atomic mass is 9.97. The van der Waals surface area contributed by atoms with Crippen LogP contribution in [0.5, 0.6) is 11.5 Å². The van der Waals surface area contributed by atoms with Crippen LogP contribution in [0.1, 0.15) is 35.0 Å². The molecule has 14 heteroatoms. The van der Waals surface area contributed by atoms with Gasteiger partial charge in [-0.1, -0.05) is 59.8 Å². The molecule has 0 saturated carbocycles. The molecule has 5 aromatic rings. The highest BCUT2D eigenvalue weighted by molar-refractivity contribution is 7.99. The third-order valence-corrected chi connectivity index (χ3v) is 8.87. The standard InChI is InChI=1S/C36H33N7O6S/c1-24-8-10-26(11-9-24)32-20-31(25-12-18-29(48-2)19-13-25)40-42(32)35(45)23-50-36-39-38-33(41(36)27-14-16-28(17-15-27)43(46)47)21-37-34(44)22-49-30-6-4-3-5-7-30/h3-19,32H,20-23H2,1-2H3,(H,37,44)/t32-/m1/s1. The van der Waals surface area contributed by atoms with E-state index < -0.39 is 4.92 Å². The molecule has 0 aliphatic carbocycles. The number of hydrogen-bond acceptors (Lipinski definition) is 10. The van der Waals surface area contributed by atoms with Crippen LogP contribution < -0.4 is 14.8 Å². The number of aromatic nitrogens is 3. The Labute approximate surface area is 292 Å². The van der Waals surface area contributed by atoms with Crippen LogP contribution in [-0.2, 0) is 16.1 Å². The van der Waals surface area contributed by atoms with Crippen molar-refractivity contribution in [3.63, 3.8) is 0 Å². The number of benzene rings is 4. The zero-order valence-corrected chi connectivity index (χ0v) is 28.1. The topological polar surface area (TPSA) is 154 Å². The summed E-state index contributed by atoms with van der Waals surface area (Å²) in [7, 11) is 1.61. The molecule has 0 bridgehead atoms. The summed E-state index contributed by atoms with van der Waals surface area (Å²) < 4.78 is 12.5. The number of carbonyl (C=O) groups excluding carboxylic acids is 2. The summed E-state index contributed by atoms with van der Waals surface area (Å²) >= 11 is 1.15. The molecular weight excluding hydrogens is 659 g/mol. The van der Waals surface area contributed by atoms with E-state index in [0.717, 1.165) is 39.9 Å². The minimum atomic E-state index is -0.487. The van der Waals surface area contributed by atoms with Gasteiger partial charge in [-0.25, -0.2) is 5.01 Å². The summed E-state index contributed by atoms with van der Waals surface area (Å²) in [4.78, 5) is 37.3. The Balaban J connectivity index is 1.22. The Morgan fingerprint density at radius 3 is 2.34 bits per heavy atom. The number of hydrogen-bond donors (Lipinski definition) is 1. The van der Waals surface area contributed by atoms with Crippen molar-refractivity contribution >= 4 is 35.0 Å². The summed E-state index contributed by atoms with van der Waals surface area (Å²) in [5.74, 6) is 1.00. The van der Waals surface area contributed by atoms with E-state index >= 15 is 0 Å². The van der Waals surface area contributed by atoms with Gasteiger partial charge in [0.05, 0.1) is 36.1 Å². The summed E-state index contributed by atoms with van der Waals surface area (Å²) in [6.45, 7) is 1.80. The van der Waals surface area contributed by atoms with Gasteiger partial charge >= 0.3 is 0 Å². The number of aryl methyl sites for hydroxylation is 1. The van der Waals surface area contributed by atoms with Gasteiger partial charge in [0.1, 0.15) is 11.5 Å². The first-order chi connectivity index (χ1) is 24.3. The lowest BCUT2D eigenvalue weighted by Gasteiger charge is -2.22. The lowest BCUT2D eigenvalue weighted by molar-refractivity contribution is -0.384. The average Bonchev–Trinajstić information content (AvgIpc) is 3.78. The number of amides is 2. The predicted octanol–water partition coefficient (Wildman–Crippen LogP) is 5.66. The second-order valence-corrected chi connectivity index (χ2v) is 12.3. The lowest BCUT2D eigenvalue weighted by Crippen LogP contribution is -2.29. The van der Waals surface area contributed by atoms with Gasteiger partial charge in [0, 0.05) is 24.2 Å². The number of nitrogens with zero attached hydrogens (tertiary/aromatic N) is 6.